The monoisotopic (exact) mass is 285 g/mol. The second-order valence-electron chi connectivity index (χ2n) is 5.72. The molecule has 0 bridgehead atoms. The van der Waals surface area contributed by atoms with Crippen LogP contribution in [0.2, 0.25) is 0 Å². The van der Waals surface area contributed by atoms with Crippen LogP contribution in [-0.2, 0) is 9.31 Å². The third-order valence-corrected chi connectivity index (χ3v) is 3.85. The lowest BCUT2D eigenvalue weighted by Gasteiger charge is -2.32. The molecule has 0 N–H and O–H groups in total. The molecule has 2 rings (SSSR count). The zero-order valence-corrected chi connectivity index (χ0v) is 12.2. The van der Waals surface area contributed by atoms with E-state index in [0.717, 1.165) is 0 Å². The average molecular weight is 285 g/mol. The molecule has 1 fully saturated rings. The molecule has 0 spiro atoms. The zero-order valence-electron chi connectivity index (χ0n) is 12.2. The predicted octanol–water partition coefficient (Wildman–Crippen LogP) is 2.33. The van der Waals surface area contributed by atoms with E-state index >= 15 is 0 Å². The zero-order chi connectivity index (χ0) is 15.1. The van der Waals surface area contributed by atoms with Crippen molar-refractivity contribution in [3.63, 3.8) is 0 Å². The lowest BCUT2D eigenvalue weighted by Crippen LogP contribution is -2.41. The van der Waals surface area contributed by atoms with Crippen LogP contribution in [0.5, 0.6) is 5.88 Å². The van der Waals surface area contributed by atoms with Gasteiger partial charge in [-0.15, -0.1) is 0 Å². The highest BCUT2D eigenvalue weighted by Gasteiger charge is 2.52. The predicted molar refractivity (Wildman–Crippen MR) is 71.5 cm³/mol. The molecule has 0 radical (unpaired) electrons. The van der Waals surface area contributed by atoms with E-state index in [1.54, 1.807) is 0 Å². The van der Waals surface area contributed by atoms with Gasteiger partial charge in [-0.1, -0.05) is 6.07 Å². The van der Waals surface area contributed by atoms with Gasteiger partial charge in [0.1, 0.15) is 5.69 Å². The molecule has 20 heavy (non-hydrogen) atoms. The van der Waals surface area contributed by atoms with E-state index in [4.69, 9.17) is 14.0 Å². The van der Waals surface area contributed by atoms with E-state index < -0.39 is 24.7 Å². The molecule has 2 heterocycles. The van der Waals surface area contributed by atoms with Crippen LogP contribution in [0.25, 0.3) is 0 Å². The molecule has 1 aliphatic rings. The highest BCUT2D eigenvalue weighted by Crippen LogP contribution is 2.37. The van der Waals surface area contributed by atoms with Gasteiger partial charge in [0.05, 0.1) is 18.3 Å². The van der Waals surface area contributed by atoms with Crippen LogP contribution in [-0.4, -0.2) is 30.4 Å². The van der Waals surface area contributed by atoms with Crippen molar-refractivity contribution in [2.75, 3.05) is 7.11 Å². The molecule has 1 aromatic heterocycles. The van der Waals surface area contributed by atoms with Crippen molar-refractivity contribution in [1.82, 2.24) is 4.98 Å². The molecule has 110 valence electrons. The number of ether oxygens (including phenoxy) is 1. The first-order valence-corrected chi connectivity index (χ1v) is 6.36. The SMILES string of the molecule is COc1ccc(B2OC(C)(C)C(C)(C)O2)c(C(F)F)n1. The molecule has 7 heteroatoms. The molecule has 0 atom stereocenters. The molecule has 0 saturated carbocycles. The van der Waals surface area contributed by atoms with Crippen molar-refractivity contribution in [2.45, 2.75) is 45.3 Å². The molecule has 0 unspecified atom stereocenters. The maximum Gasteiger partial charge on any atom is 0.496 e. The van der Waals surface area contributed by atoms with Crippen LogP contribution in [0.1, 0.15) is 39.8 Å². The number of nitrogens with zero attached hydrogens (tertiary/aromatic N) is 1. The first-order valence-electron chi connectivity index (χ1n) is 6.36. The van der Waals surface area contributed by atoms with Crippen molar-refractivity contribution >= 4 is 12.6 Å². The normalized spacial score (nSPS) is 20.5. The fourth-order valence-electron chi connectivity index (χ4n) is 1.92. The summed E-state index contributed by atoms with van der Waals surface area (Å²) < 4.78 is 42.7. The number of aromatic nitrogens is 1. The van der Waals surface area contributed by atoms with Crippen molar-refractivity contribution in [3.8, 4) is 5.88 Å². The summed E-state index contributed by atoms with van der Waals surface area (Å²) in [6.45, 7) is 7.47. The van der Waals surface area contributed by atoms with Gasteiger partial charge in [-0.2, -0.15) is 0 Å². The number of pyridine rings is 1. The number of methoxy groups -OCH3 is 1. The van der Waals surface area contributed by atoms with Gasteiger partial charge in [0.2, 0.25) is 5.88 Å². The van der Waals surface area contributed by atoms with Crippen LogP contribution in [0.4, 0.5) is 8.78 Å². The van der Waals surface area contributed by atoms with Crippen LogP contribution in [0.3, 0.4) is 0 Å². The Balaban J connectivity index is 2.39. The van der Waals surface area contributed by atoms with Gasteiger partial charge in [0.15, 0.2) is 0 Å². The largest absolute Gasteiger partial charge is 0.496 e. The Labute approximate surface area is 117 Å². The first kappa shape index (κ1) is 15.2. The Morgan fingerprint density at radius 1 is 1.15 bits per heavy atom. The highest BCUT2D eigenvalue weighted by molar-refractivity contribution is 6.62. The van der Waals surface area contributed by atoms with E-state index in [2.05, 4.69) is 4.98 Å². The smallest absolute Gasteiger partial charge is 0.481 e. The van der Waals surface area contributed by atoms with Gasteiger partial charge in [0.25, 0.3) is 6.43 Å². The summed E-state index contributed by atoms with van der Waals surface area (Å²) in [6, 6.07) is 3.03. The highest BCUT2D eigenvalue weighted by atomic mass is 19.3. The van der Waals surface area contributed by atoms with Gasteiger partial charge in [-0.25, -0.2) is 13.8 Å². The van der Waals surface area contributed by atoms with Crippen molar-refractivity contribution in [2.24, 2.45) is 0 Å². The van der Waals surface area contributed by atoms with Crippen LogP contribution < -0.4 is 10.2 Å². The Morgan fingerprint density at radius 3 is 2.15 bits per heavy atom. The van der Waals surface area contributed by atoms with Gasteiger partial charge < -0.3 is 14.0 Å². The number of hydrogen-bond acceptors (Lipinski definition) is 4. The molecule has 1 aliphatic heterocycles. The third-order valence-electron chi connectivity index (χ3n) is 3.85. The quantitative estimate of drug-likeness (QED) is 0.799. The van der Waals surface area contributed by atoms with Crippen molar-refractivity contribution < 1.29 is 22.8 Å². The average Bonchev–Trinajstić information content (AvgIpc) is 2.57. The van der Waals surface area contributed by atoms with Gasteiger partial charge in [-0.05, 0) is 33.8 Å². The number of hydrogen-bond donors (Lipinski definition) is 0. The summed E-state index contributed by atoms with van der Waals surface area (Å²) in [5, 5.41) is 0. The van der Waals surface area contributed by atoms with E-state index in [9.17, 15) is 8.78 Å². The summed E-state index contributed by atoms with van der Waals surface area (Å²) in [5.74, 6) is 0.139. The van der Waals surface area contributed by atoms with E-state index in [0.29, 0.717) is 0 Å². The fourth-order valence-corrected chi connectivity index (χ4v) is 1.92. The summed E-state index contributed by atoms with van der Waals surface area (Å²) in [6.07, 6.45) is -2.72. The maximum absolute atomic E-state index is 13.2. The van der Waals surface area contributed by atoms with Gasteiger partial charge >= 0.3 is 7.12 Å². The van der Waals surface area contributed by atoms with E-state index in [1.165, 1.54) is 19.2 Å². The fraction of sp³-hybridized carbons (Fsp3) is 0.615. The molecular weight excluding hydrogens is 267 g/mol. The summed E-state index contributed by atoms with van der Waals surface area (Å²) in [7, 11) is 0.522. The Bertz CT molecular complexity index is 492. The number of halogens is 2. The summed E-state index contributed by atoms with van der Waals surface area (Å²) in [4.78, 5) is 3.80. The van der Waals surface area contributed by atoms with Gasteiger partial charge in [-0.3, -0.25) is 0 Å². The second kappa shape index (κ2) is 4.97. The van der Waals surface area contributed by atoms with E-state index in [1.807, 2.05) is 27.7 Å². The Morgan fingerprint density at radius 2 is 1.70 bits per heavy atom. The van der Waals surface area contributed by atoms with Crippen molar-refractivity contribution in [1.29, 1.82) is 0 Å². The lowest BCUT2D eigenvalue weighted by molar-refractivity contribution is 0.00578. The van der Waals surface area contributed by atoms with Crippen LogP contribution in [0.15, 0.2) is 12.1 Å². The maximum atomic E-state index is 13.2. The minimum Gasteiger partial charge on any atom is -0.481 e. The van der Waals surface area contributed by atoms with Crippen molar-refractivity contribution in [3.05, 3.63) is 17.8 Å². The van der Waals surface area contributed by atoms with Gasteiger partial charge in [0, 0.05) is 5.46 Å². The van der Waals surface area contributed by atoms with Crippen LogP contribution in [0, 0.1) is 0 Å². The number of rotatable bonds is 3. The third kappa shape index (κ3) is 2.52. The standard InChI is InChI=1S/C13H18BF2NO3/c1-12(2)13(3,4)20-14(19-12)8-6-7-9(18-5)17-10(8)11(15)16/h6-7,11H,1-5H3. The molecular formula is C13H18BF2NO3. The molecule has 0 amide bonds. The minimum atomic E-state index is -2.72. The summed E-state index contributed by atoms with van der Waals surface area (Å²) >= 11 is 0. The molecule has 1 saturated heterocycles. The lowest BCUT2D eigenvalue weighted by atomic mass is 9.78. The first-order chi connectivity index (χ1) is 9.18. The molecule has 4 nitrogen and oxygen atoms in total. The van der Waals surface area contributed by atoms with E-state index in [-0.39, 0.29) is 17.0 Å². The Kier molecular flexibility index (Phi) is 3.77. The van der Waals surface area contributed by atoms with Crippen LogP contribution >= 0.6 is 0 Å². The Hall–Kier alpha value is -1.21. The molecule has 1 aromatic rings. The minimum absolute atomic E-state index is 0.139. The topological polar surface area (TPSA) is 40.6 Å². The second-order valence-corrected chi connectivity index (χ2v) is 5.72. The molecule has 0 aliphatic carbocycles. The summed E-state index contributed by atoms with van der Waals surface area (Å²) in [5.41, 5.74) is -1.31. The molecule has 0 aromatic carbocycles. The number of alkyl halides is 2.